The molecule has 0 unspecified atom stereocenters. The van der Waals surface area contributed by atoms with Crippen molar-refractivity contribution in [3.05, 3.63) is 68.8 Å². The van der Waals surface area contributed by atoms with E-state index < -0.39 is 0 Å². The second-order valence-corrected chi connectivity index (χ2v) is 10.3. The quantitative estimate of drug-likeness (QED) is 0.278. The molecule has 0 aromatic heterocycles. The minimum Gasteiger partial charge on any atom is -0.496 e. The van der Waals surface area contributed by atoms with E-state index in [0.29, 0.717) is 17.8 Å². The van der Waals surface area contributed by atoms with E-state index in [1.807, 2.05) is 12.1 Å². The van der Waals surface area contributed by atoms with Gasteiger partial charge in [0.2, 0.25) is 0 Å². The predicted octanol–water partition coefficient (Wildman–Crippen LogP) is 9.01. The summed E-state index contributed by atoms with van der Waals surface area (Å²) in [6.45, 7) is 13.8. The van der Waals surface area contributed by atoms with E-state index in [-0.39, 0.29) is 0 Å². The van der Waals surface area contributed by atoms with E-state index >= 15 is 0 Å². The highest BCUT2D eigenvalue weighted by Gasteiger charge is 2.28. The van der Waals surface area contributed by atoms with Crippen LogP contribution in [-0.2, 0) is 0 Å². The standard InChI is InChI=1S/C29H35IO2/c1-17(2)21-16-22(18(3)4)27(28-23(31-7)14-15-24(32-8)29(28)30)25(19(5)6)26(21)20-12-10-9-11-13-20/h9-19H,1-8H3. The van der Waals surface area contributed by atoms with Gasteiger partial charge in [0, 0.05) is 5.56 Å². The largest absolute Gasteiger partial charge is 0.496 e. The Morgan fingerprint density at radius 2 is 1.16 bits per heavy atom. The molecule has 0 fully saturated rings. The van der Waals surface area contributed by atoms with Crippen LogP contribution < -0.4 is 9.47 Å². The molecule has 0 saturated carbocycles. The molecule has 0 heterocycles. The topological polar surface area (TPSA) is 18.5 Å². The van der Waals surface area contributed by atoms with Crippen LogP contribution in [0.5, 0.6) is 11.5 Å². The summed E-state index contributed by atoms with van der Waals surface area (Å²) in [5.74, 6) is 2.88. The van der Waals surface area contributed by atoms with Crippen LogP contribution in [0.4, 0.5) is 0 Å². The third kappa shape index (κ3) is 4.54. The smallest absolute Gasteiger partial charge is 0.133 e. The molecule has 3 heteroatoms. The second kappa shape index (κ2) is 10.3. The summed E-state index contributed by atoms with van der Waals surface area (Å²) in [4.78, 5) is 0. The summed E-state index contributed by atoms with van der Waals surface area (Å²) in [7, 11) is 3.49. The Bertz CT molecular complexity index is 1080. The molecule has 0 aliphatic rings. The number of methoxy groups -OCH3 is 2. The zero-order valence-electron chi connectivity index (χ0n) is 20.5. The highest BCUT2D eigenvalue weighted by atomic mass is 127. The number of benzene rings is 3. The Morgan fingerprint density at radius 3 is 1.66 bits per heavy atom. The minimum absolute atomic E-state index is 0.336. The minimum atomic E-state index is 0.336. The SMILES string of the molecule is COc1ccc(OC)c(-c2c(C(C)C)cc(C(C)C)c(-c3ccccc3)c2C(C)C)c1I. The maximum absolute atomic E-state index is 5.91. The van der Waals surface area contributed by atoms with Gasteiger partial charge in [-0.25, -0.2) is 0 Å². The molecule has 0 saturated heterocycles. The highest BCUT2D eigenvalue weighted by molar-refractivity contribution is 14.1. The number of ether oxygens (including phenoxy) is 2. The first kappa shape index (κ1) is 24.6. The number of rotatable bonds is 7. The fourth-order valence-corrected chi connectivity index (χ4v) is 5.48. The van der Waals surface area contributed by atoms with Crippen molar-refractivity contribution in [3.63, 3.8) is 0 Å². The Kier molecular flexibility index (Phi) is 7.92. The molecule has 32 heavy (non-hydrogen) atoms. The van der Waals surface area contributed by atoms with Crippen LogP contribution in [0.1, 0.15) is 76.0 Å². The maximum atomic E-state index is 5.91. The van der Waals surface area contributed by atoms with Gasteiger partial charge in [-0.2, -0.15) is 0 Å². The Labute approximate surface area is 207 Å². The van der Waals surface area contributed by atoms with Crippen LogP contribution >= 0.6 is 22.6 Å². The molecule has 0 N–H and O–H groups in total. The first-order chi connectivity index (χ1) is 15.2. The van der Waals surface area contributed by atoms with Gasteiger partial charge in [0.1, 0.15) is 11.5 Å². The lowest BCUT2D eigenvalue weighted by Gasteiger charge is -2.29. The van der Waals surface area contributed by atoms with Gasteiger partial charge >= 0.3 is 0 Å². The first-order valence-electron chi connectivity index (χ1n) is 11.4. The second-order valence-electron chi connectivity index (χ2n) is 9.21. The molecule has 2 nitrogen and oxygen atoms in total. The maximum Gasteiger partial charge on any atom is 0.133 e. The van der Waals surface area contributed by atoms with Crippen molar-refractivity contribution in [3.8, 4) is 33.8 Å². The van der Waals surface area contributed by atoms with Crippen molar-refractivity contribution >= 4 is 22.6 Å². The van der Waals surface area contributed by atoms with Crippen molar-refractivity contribution in [1.82, 2.24) is 0 Å². The number of hydrogen-bond acceptors (Lipinski definition) is 2. The summed E-state index contributed by atoms with van der Waals surface area (Å²) in [5.41, 5.74) is 9.20. The Hall–Kier alpha value is -2.01. The molecule has 0 atom stereocenters. The molecule has 170 valence electrons. The van der Waals surface area contributed by atoms with Crippen LogP contribution in [0.25, 0.3) is 22.3 Å². The summed E-state index contributed by atoms with van der Waals surface area (Å²) in [5, 5.41) is 0. The van der Waals surface area contributed by atoms with Gasteiger partial charge in [-0.1, -0.05) is 77.9 Å². The van der Waals surface area contributed by atoms with E-state index in [1.165, 1.54) is 33.4 Å². The van der Waals surface area contributed by atoms with Gasteiger partial charge in [0.15, 0.2) is 0 Å². The van der Waals surface area contributed by atoms with E-state index in [2.05, 4.69) is 101 Å². The molecule has 0 aliphatic carbocycles. The third-order valence-corrected chi connectivity index (χ3v) is 7.14. The molecular weight excluding hydrogens is 507 g/mol. The van der Waals surface area contributed by atoms with E-state index in [9.17, 15) is 0 Å². The number of hydrogen-bond donors (Lipinski definition) is 0. The van der Waals surface area contributed by atoms with Gasteiger partial charge in [-0.05, 0) is 85.9 Å². The first-order valence-corrected chi connectivity index (χ1v) is 12.5. The molecule has 3 rings (SSSR count). The average Bonchev–Trinajstić information content (AvgIpc) is 2.77. The van der Waals surface area contributed by atoms with Gasteiger partial charge < -0.3 is 9.47 Å². The normalized spacial score (nSPS) is 11.5. The Morgan fingerprint density at radius 1 is 0.625 bits per heavy atom. The molecule has 0 aliphatic heterocycles. The van der Waals surface area contributed by atoms with Crippen LogP contribution in [-0.4, -0.2) is 14.2 Å². The summed E-state index contributed by atoms with van der Waals surface area (Å²) >= 11 is 2.42. The van der Waals surface area contributed by atoms with Crippen LogP contribution in [0, 0.1) is 3.57 Å². The van der Waals surface area contributed by atoms with Crippen molar-refractivity contribution in [2.75, 3.05) is 14.2 Å². The van der Waals surface area contributed by atoms with Gasteiger partial charge in [-0.15, -0.1) is 0 Å². The van der Waals surface area contributed by atoms with Crippen LogP contribution in [0.15, 0.2) is 48.5 Å². The van der Waals surface area contributed by atoms with Crippen molar-refractivity contribution in [1.29, 1.82) is 0 Å². The monoisotopic (exact) mass is 542 g/mol. The van der Waals surface area contributed by atoms with E-state index in [0.717, 1.165) is 20.6 Å². The molecular formula is C29H35IO2. The van der Waals surface area contributed by atoms with Crippen molar-refractivity contribution in [2.24, 2.45) is 0 Å². The lowest BCUT2D eigenvalue weighted by atomic mass is 9.76. The summed E-state index contributed by atoms with van der Waals surface area (Å²) in [6.07, 6.45) is 0. The molecule has 0 spiro atoms. The van der Waals surface area contributed by atoms with Crippen molar-refractivity contribution < 1.29 is 9.47 Å². The molecule has 3 aromatic carbocycles. The third-order valence-electron chi connectivity index (χ3n) is 6.07. The summed E-state index contributed by atoms with van der Waals surface area (Å²) in [6, 6.07) is 17.3. The van der Waals surface area contributed by atoms with Crippen LogP contribution in [0.2, 0.25) is 0 Å². The lowest BCUT2D eigenvalue weighted by Crippen LogP contribution is -2.09. The van der Waals surface area contributed by atoms with Crippen LogP contribution in [0.3, 0.4) is 0 Å². The van der Waals surface area contributed by atoms with Crippen molar-refractivity contribution in [2.45, 2.75) is 59.3 Å². The predicted molar refractivity (Wildman–Crippen MR) is 145 cm³/mol. The summed E-state index contributed by atoms with van der Waals surface area (Å²) < 4.78 is 12.7. The fourth-order valence-electron chi connectivity index (χ4n) is 4.54. The van der Waals surface area contributed by atoms with E-state index in [4.69, 9.17) is 9.47 Å². The number of halogens is 1. The average molecular weight is 543 g/mol. The zero-order chi connectivity index (χ0) is 23.6. The molecule has 3 aromatic rings. The molecule has 0 radical (unpaired) electrons. The Balaban J connectivity index is 2.60. The molecule has 0 bridgehead atoms. The van der Waals surface area contributed by atoms with Gasteiger partial charge in [-0.3, -0.25) is 0 Å². The van der Waals surface area contributed by atoms with Gasteiger partial charge in [0.05, 0.1) is 17.8 Å². The van der Waals surface area contributed by atoms with Gasteiger partial charge in [0.25, 0.3) is 0 Å². The fraction of sp³-hybridized carbons (Fsp3) is 0.379. The van der Waals surface area contributed by atoms with E-state index in [1.54, 1.807) is 14.2 Å². The highest BCUT2D eigenvalue weighted by Crippen LogP contribution is 2.50. The zero-order valence-corrected chi connectivity index (χ0v) is 22.7. The lowest BCUT2D eigenvalue weighted by molar-refractivity contribution is 0.402. The molecule has 0 amide bonds.